The number of piperidine rings is 1. The number of carboxylic acid groups (broad SMARTS) is 1. The highest BCUT2D eigenvalue weighted by Crippen LogP contribution is 2.41. The Balaban J connectivity index is 1.17. The molecule has 54 heavy (non-hydrogen) atoms. The molecule has 5 N–H and O–H groups in total. The van der Waals surface area contributed by atoms with E-state index in [1.807, 2.05) is 6.92 Å². The maximum atomic E-state index is 13.6. The lowest BCUT2D eigenvalue weighted by molar-refractivity contribution is -0.274. The van der Waals surface area contributed by atoms with Crippen molar-refractivity contribution in [2.45, 2.75) is 64.5 Å². The smallest absolute Gasteiger partial charge is 0.465 e. The van der Waals surface area contributed by atoms with Crippen LogP contribution in [0.2, 0.25) is 5.02 Å². The van der Waals surface area contributed by atoms with E-state index in [1.54, 1.807) is 54.1 Å². The van der Waals surface area contributed by atoms with Crippen LogP contribution in [-0.2, 0) is 4.79 Å². The number of benzene rings is 2. The summed E-state index contributed by atoms with van der Waals surface area (Å²) in [6.07, 6.45) is -1.92. The SMILES string of the molecule is CC(C)[C@H](NC(=O)O)C(=O)N1C[C@@H](C)C[C@H]1c1ncc(-c2ccc(-c3cc(Cl)c(NC(=O)N4CCN(C5CCNCC5)CC4)cc3OC(F)(F)F)cc2)[nH]1. The number of rotatable bonds is 9. The Kier molecular flexibility index (Phi) is 11.9. The average molecular weight is 775 g/mol. The predicted octanol–water partition coefficient (Wildman–Crippen LogP) is 6.40. The number of imidazole rings is 1. The number of nitrogens with one attached hydrogen (secondary N) is 4. The molecular formula is C37H46ClF3N8O5. The van der Waals surface area contributed by atoms with Gasteiger partial charge in [-0.1, -0.05) is 56.6 Å². The van der Waals surface area contributed by atoms with E-state index in [0.717, 1.165) is 32.0 Å². The zero-order valence-electron chi connectivity index (χ0n) is 30.4. The van der Waals surface area contributed by atoms with Gasteiger partial charge in [-0.05, 0) is 61.4 Å². The van der Waals surface area contributed by atoms with Crippen molar-refractivity contribution in [1.29, 1.82) is 0 Å². The van der Waals surface area contributed by atoms with Crippen LogP contribution >= 0.6 is 11.6 Å². The summed E-state index contributed by atoms with van der Waals surface area (Å²) in [5.41, 5.74) is 1.76. The molecule has 4 amide bonds. The highest BCUT2D eigenvalue weighted by atomic mass is 35.5. The van der Waals surface area contributed by atoms with E-state index < -0.39 is 36.3 Å². The van der Waals surface area contributed by atoms with Crippen molar-refractivity contribution < 1.29 is 37.4 Å². The van der Waals surface area contributed by atoms with Gasteiger partial charge < -0.3 is 40.6 Å². The molecule has 3 fully saturated rings. The van der Waals surface area contributed by atoms with Crippen LogP contribution in [0.3, 0.4) is 0 Å². The Morgan fingerprint density at radius 1 is 1.04 bits per heavy atom. The average Bonchev–Trinajstić information content (AvgIpc) is 3.78. The topological polar surface area (TPSA) is 155 Å². The largest absolute Gasteiger partial charge is 0.573 e. The third-order valence-corrected chi connectivity index (χ3v) is 10.7. The minimum atomic E-state index is -5.01. The van der Waals surface area contributed by atoms with Crippen LogP contribution in [0.25, 0.3) is 22.4 Å². The number of ether oxygens (including phenoxy) is 1. The standard InChI is InChI=1S/C37H46ClF3N8O5/c1-21(2)32(46-36(52)53)34(50)49-20-22(3)16-30(49)33-43-19-29(44-33)24-6-4-23(5-7-24)26-17-27(38)28(18-31(26)54-37(39,40)41)45-35(51)48-14-12-47(13-15-48)25-8-10-42-11-9-25/h4-7,17-19,21-22,25,30,32,42,46H,8-16,20H2,1-3H3,(H,43,44)(H,45,51)(H,52,53)/t22-,30-,32-/m0/s1. The first-order chi connectivity index (χ1) is 25.7. The number of halogens is 4. The fraction of sp³-hybridized carbons (Fsp3) is 0.514. The van der Waals surface area contributed by atoms with Crippen LogP contribution < -0.4 is 20.7 Å². The number of H-pyrrole nitrogens is 1. The summed E-state index contributed by atoms with van der Waals surface area (Å²) >= 11 is 6.57. The molecule has 0 unspecified atom stereocenters. The summed E-state index contributed by atoms with van der Waals surface area (Å²) in [6.45, 7) is 10.4. The number of carbonyl (C=O) groups is 3. The van der Waals surface area contributed by atoms with Gasteiger partial charge >= 0.3 is 18.5 Å². The van der Waals surface area contributed by atoms with Crippen LogP contribution in [0.4, 0.5) is 28.4 Å². The molecule has 17 heteroatoms. The van der Waals surface area contributed by atoms with E-state index in [4.69, 9.17) is 11.6 Å². The van der Waals surface area contributed by atoms with E-state index in [1.165, 1.54) is 6.07 Å². The maximum absolute atomic E-state index is 13.6. The Morgan fingerprint density at radius 3 is 2.33 bits per heavy atom. The molecular weight excluding hydrogens is 729 g/mol. The van der Waals surface area contributed by atoms with Gasteiger partial charge in [-0.15, -0.1) is 13.2 Å². The van der Waals surface area contributed by atoms with E-state index in [0.29, 0.717) is 67.8 Å². The van der Waals surface area contributed by atoms with Crippen LogP contribution in [-0.4, -0.2) is 112 Å². The molecule has 3 aromatic rings. The lowest BCUT2D eigenvalue weighted by atomic mass is 10.0. The van der Waals surface area contributed by atoms with Crippen molar-refractivity contribution in [3.05, 3.63) is 53.4 Å². The first kappa shape index (κ1) is 39.2. The molecule has 0 saturated carbocycles. The van der Waals surface area contributed by atoms with Crippen molar-refractivity contribution >= 4 is 35.3 Å². The van der Waals surface area contributed by atoms with Crippen LogP contribution in [0, 0.1) is 11.8 Å². The van der Waals surface area contributed by atoms with Crippen LogP contribution in [0.15, 0.2) is 42.6 Å². The van der Waals surface area contributed by atoms with E-state index >= 15 is 0 Å². The van der Waals surface area contributed by atoms with Gasteiger partial charge in [0.25, 0.3) is 0 Å². The lowest BCUT2D eigenvalue weighted by Gasteiger charge is -2.40. The molecule has 292 valence electrons. The van der Waals surface area contributed by atoms with Crippen molar-refractivity contribution in [3.8, 4) is 28.1 Å². The molecule has 3 aliphatic rings. The Labute approximate surface area is 316 Å². The second-order valence-corrected chi connectivity index (χ2v) is 15.0. The third-order valence-electron chi connectivity index (χ3n) is 10.4. The fourth-order valence-corrected chi connectivity index (χ4v) is 7.81. The number of piperazine rings is 1. The first-order valence-corrected chi connectivity index (χ1v) is 18.6. The number of likely N-dealkylation sites (tertiary alicyclic amines) is 1. The number of urea groups is 1. The summed E-state index contributed by atoms with van der Waals surface area (Å²) in [4.78, 5) is 51.6. The number of hydrogen-bond donors (Lipinski definition) is 5. The van der Waals surface area contributed by atoms with Gasteiger partial charge in [0.1, 0.15) is 17.6 Å². The van der Waals surface area contributed by atoms with Crippen molar-refractivity contribution in [1.82, 2.24) is 35.3 Å². The van der Waals surface area contributed by atoms with Gasteiger partial charge in [0.2, 0.25) is 5.91 Å². The quantitative estimate of drug-likeness (QED) is 0.167. The fourth-order valence-electron chi connectivity index (χ4n) is 7.60. The molecule has 6 rings (SSSR count). The molecule has 2 aromatic carbocycles. The van der Waals surface area contributed by atoms with Crippen LogP contribution in [0.1, 0.15) is 51.9 Å². The zero-order valence-corrected chi connectivity index (χ0v) is 31.1. The van der Waals surface area contributed by atoms with E-state index in [-0.39, 0.29) is 34.0 Å². The number of carbonyl (C=O) groups excluding carboxylic acids is 2. The third kappa shape index (κ3) is 9.21. The molecule has 0 bridgehead atoms. The molecule has 3 saturated heterocycles. The predicted molar refractivity (Wildman–Crippen MR) is 197 cm³/mol. The number of alkyl halides is 3. The van der Waals surface area contributed by atoms with Crippen molar-refractivity contribution in [3.63, 3.8) is 0 Å². The van der Waals surface area contributed by atoms with Gasteiger partial charge in [-0.2, -0.15) is 0 Å². The second kappa shape index (κ2) is 16.4. The van der Waals surface area contributed by atoms with E-state index in [9.17, 15) is 32.7 Å². The van der Waals surface area contributed by atoms with Gasteiger partial charge in [0.05, 0.1) is 28.6 Å². The zero-order chi connectivity index (χ0) is 38.7. The number of amides is 4. The maximum Gasteiger partial charge on any atom is 0.573 e. The van der Waals surface area contributed by atoms with Gasteiger partial charge in [0.15, 0.2) is 0 Å². The Bertz CT molecular complexity index is 1810. The second-order valence-electron chi connectivity index (χ2n) is 14.6. The molecule has 3 aliphatic heterocycles. The lowest BCUT2D eigenvalue weighted by Crippen LogP contribution is -2.54. The van der Waals surface area contributed by atoms with E-state index in [2.05, 4.69) is 35.6 Å². The Morgan fingerprint density at radius 2 is 1.70 bits per heavy atom. The molecule has 0 aliphatic carbocycles. The molecule has 0 spiro atoms. The summed E-state index contributed by atoms with van der Waals surface area (Å²) in [7, 11) is 0. The number of aromatic nitrogens is 2. The van der Waals surface area contributed by atoms with Gasteiger partial charge in [-0.3, -0.25) is 9.69 Å². The molecule has 1 aromatic heterocycles. The molecule has 13 nitrogen and oxygen atoms in total. The van der Waals surface area contributed by atoms with Gasteiger partial charge in [0, 0.05) is 50.4 Å². The summed E-state index contributed by atoms with van der Waals surface area (Å²) in [5.74, 6) is -0.414. The summed E-state index contributed by atoms with van der Waals surface area (Å²) in [5, 5.41) is 17.7. The number of hydrogen-bond acceptors (Lipinski definition) is 7. The highest BCUT2D eigenvalue weighted by Gasteiger charge is 2.40. The summed E-state index contributed by atoms with van der Waals surface area (Å²) in [6, 6.07) is 7.83. The minimum Gasteiger partial charge on any atom is -0.465 e. The first-order valence-electron chi connectivity index (χ1n) is 18.2. The minimum absolute atomic E-state index is 0.000673. The summed E-state index contributed by atoms with van der Waals surface area (Å²) < 4.78 is 45.4. The van der Waals surface area contributed by atoms with Crippen molar-refractivity contribution in [2.24, 2.45) is 11.8 Å². The van der Waals surface area contributed by atoms with Crippen LogP contribution in [0.5, 0.6) is 5.75 Å². The molecule has 0 radical (unpaired) electrons. The molecule has 4 heterocycles. The monoisotopic (exact) mass is 774 g/mol. The highest BCUT2D eigenvalue weighted by molar-refractivity contribution is 6.34. The number of anilines is 1. The van der Waals surface area contributed by atoms with Crippen molar-refractivity contribution in [2.75, 3.05) is 51.1 Å². The normalized spacial score (nSPS) is 20.6. The molecule has 3 atom stereocenters. The Hall–Kier alpha value is -4.54. The number of nitrogens with zero attached hydrogens (tertiary/aromatic N) is 4. The van der Waals surface area contributed by atoms with Gasteiger partial charge in [-0.25, -0.2) is 14.6 Å². The number of aromatic amines is 1.